The molecule has 2 unspecified atom stereocenters. The topological polar surface area (TPSA) is 26.3 Å². The van der Waals surface area contributed by atoms with Gasteiger partial charge in [-0.2, -0.15) is 0 Å². The second-order valence-corrected chi connectivity index (χ2v) is 4.80. The maximum Gasteiger partial charge on any atom is 0.333 e. The summed E-state index contributed by atoms with van der Waals surface area (Å²) in [6, 6.07) is 0. The number of carbonyl (C=O) groups is 1. The quantitative estimate of drug-likeness (QED) is 0.257. The van der Waals surface area contributed by atoms with Gasteiger partial charge < -0.3 is 4.74 Å². The smallest absolute Gasteiger partial charge is 0.333 e. The molecule has 13 heavy (non-hydrogen) atoms. The van der Waals surface area contributed by atoms with Crippen LogP contribution in [0.2, 0.25) is 0 Å². The molecular formula is C10H13IO2. The first-order valence-electron chi connectivity index (χ1n) is 4.28. The summed E-state index contributed by atoms with van der Waals surface area (Å²) in [7, 11) is 0. The van der Waals surface area contributed by atoms with Crippen LogP contribution in [0, 0.1) is 0 Å². The van der Waals surface area contributed by atoms with Crippen molar-refractivity contribution >= 4 is 28.6 Å². The van der Waals surface area contributed by atoms with Crippen molar-refractivity contribution in [1.82, 2.24) is 0 Å². The molecule has 0 amide bonds. The number of alkyl halides is 1. The molecule has 72 valence electrons. The van der Waals surface area contributed by atoms with E-state index in [4.69, 9.17) is 4.74 Å². The summed E-state index contributed by atoms with van der Waals surface area (Å²) < 4.78 is 5.75. The number of allylic oxidation sites excluding steroid dienone is 1. The molecule has 0 aromatic carbocycles. The van der Waals surface area contributed by atoms with Crippen LogP contribution in [-0.4, -0.2) is 16.0 Å². The van der Waals surface area contributed by atoms with Crippen LogP contribution in [0.5, 0.6) is 0 Å². The molecule has 0 saturated heterocycles. The number of halogens is 1. The highest BCUT2D eigenvalue weighted by Crippen LogP contribution is 2.20. The summed E-state index contributed by atoms with van der Waals surface area (Å²) >= 11 is 2.37. The summed E-state index contributed by atoms with van der Waals surface area (Å²) in [4.78, 5) is 11.1. The zero-order valence-corrected chi connectivity index (χ0v) is 9.78. The van der Waals surface area contributed by atoms with Gasteiger partial charge in [0.2, 0.25) is 0 Å². The lowest BCUT2D eigenvalue weighted by Crippen LogP contribution is -2.20. The zero-order chi connectivity index (χ0) is 9.84. The summed E-state index contributed by atoms with van der Waals surface area (Å²) in [5.74, 6) is -0.290. The molecule has 3 heteroatoms. The van der Waals surface area contributed by atoms with Crippen LogP contribution in [0.25, 0.3) is 0 Å². The highest BCUT2D eigenvalue weighted by atomic mass is 127. The number of rotatable bonds is 2. The van der Waals surface area contributed by atoms with Crippen LogP contribution in [0.3, 0.4) is 0 Å². The van der Waals surface area contributed by atoms with E-state index >= 15 is 0 Å². The largest absolute Gasteiger partial charge is 0.455 e. The van der Waals surface area contributed by atoms with Gasteiger partial charge in [-0.05, 0) is 25.8 Å². The van der Waals surface area contributed by atoms with Gasteiger partial charge in [0.25, 0.3) is 0 Å². The van der Waals surface area contributed by atoms with Crippen molar-refractivity contribution in [3.8, 4) is 0 Å². The van der Waals surface area contributed by atoms with Gasteiger partial charge in [0, 0.05) is 9.50 Å². The Morgan fingerprint density at radius 2 is 2.23 bits per heavy atom. The van der Waals surface area contributed by atoms with E-state index in [1.165, 1.54) is 0 Å². The molecule has 0 radical (unpaired) electrons. The molecule has 0 heterocycles. The van der Waals surface area contributed by atoms with Crippen molar-refractivity contribution in [3.05, 3.63) is 24.3 Å². The normalized spacial score (nSPS) is 26.9. The van der Waals surface area contributed by atoms with Crippen molar-refractivity contribution < 1.29 is 9.53 Å². The van der Waals surface area contributed by atoms with Crippen molar-refractivity contribution in [2.24, 2.45) is 0 Å². The van der Waals surface area contributed by atoms with E-state index in [-0.39, 0.29) is 12.1 Å². The predicted molar refractivity (Wildman–Crippen MR) is 60.9 cm³/mol. The van der Waals surface area contributed by atoms with Gasteiger partial charge in [0.1, 0.15) is 6.10 Å². The van der Waals surface area contributed by atoms with Crippen molar-refractivity contribution in [3.63, 3.8) is 0 Å². The molecule has 2 atom stereocenters. The average molecular weight is 292 g/mol. The van der Waals surface area contributed by atoms with Gasteiger partial charge in [0.05, 0.1) is 0 Å². The van der Waals surface area contributed by atoms with Crippen molar-refractivity contribution in [2.75, 3.05) is 0 Å². The van der Waals surface area contributed by atoms with E-state index in [9.17, 15) is 4.79 Å². The maximum atomic E-state index is 11.1. The molecule has 0 bridgehead atoms. The summed E-state index contributed by atoms with van der Waals surface area (Å²) in [6.45, 7) is 5.20. The Labute approximate surface area is 92.2 Å². The second-order valence-electron chi connectivity index (χ2n) is 3.20. The first-order valence-corrected chi connectivity index (χ1v) is 5.53. The fraction of sp³-hybridized carbons (Fsp3) is 0.500. The van der Waals surface area contributed by atoms with Crippen LogP contribution in [0.15, 0.2) is 24.3 Å². The third-order valence-corrected chi connectivity index (χ3v) is 2.91. The minimum absolute atomic E-state index is 0.0461. The van der Waals surface area contributed by atoms with E-state index in [1.54, 1.807) is 6.92 Å². The maximum absolute atomic E-state index is 11.1. The predicted octanol–water partition coefficient (Wildman–Crippen LogP) is 2.63. The molecule has 2 nitrogen and oxygen atoms in total. The number of esters is 1. The van der Waals surface area contributed by atoms with Gasteiger partial charge in [-0.3, -0.25) is 0 Å². The van der Waals surface area contributed by atoms with Gasteiger partial charge >= 0.3 is 5.97 Å². The molecule has 1 rings (SSSR count). The lowest BCUT2D eigenvalue weighted by molar-refractivity contribution is -0.142. The van der Waals surface area contributed by atoms with Crippen molar-refractivity contribution in [1.29, 1.82) is 0 Å². The fourth-order valence-electron chi connectivity index (χ4n) is 1.10. The number of ether oxygens (including phenoxy) is 1. The van der Waals surface area contributed by atoms with Gasteiger partial charge in [0.15, 0.2) is 0 Å². The van der Waals surface area contributed by atoms with Crippen LogP contribution in [0.1, 0.15) is 19.8 Å². The van der Waals surface area contributed by atoms with Crippen molar-refractivity contribution in [2.45, 2.75) is 29.8 Å². The molecule has 0 aliphatic heterocycles. The molecule has 0 N–H and O–H groups in total. The van der Waals surface area contributed by atoms with Crippen LogP contribution >= 0.6 is 22.6 Å². The first-order chi connectivity index (χ1) is 6.09. The van der Waals surface area contributed by atoms with Gasteiger partial charge in [-0.25, -0.2) is 4.79 Å². The highest BCUT2D eigenvalue weighted by Gasteiger charge is 2.17. The highest BCUT2D eigenvalue weighted by molar-refractivity contribution is 14.1. The molecule has 0 aromatic heterocycles. The minimum atomic E-state index is -0.290. The Morgan fingerprint density at radius 1 is 1.54 bits per heavy atom. The Bertz CT molecular complexity index is 245. The second kappa shape index (κ2) is 4.79. The van der Waals surface area contributed by atoms with Gasteiger partial charge in [-0.1, -0.05) is 35.2 Å². The molecule has 0 fully saturated rings. The number of hydrogen-bond acceptors (Lipinski definition) is 2. The molecule has 0 spiro atoms. The van der Waals surface area contributed by atoms with Crippen LogP contribution in [-0.2, 0) is 9.53 Å². The molecule has 0 aromatic rings. The molecule has 1 aliphatic rings. The van der Waals surface area contributed by atoms with E-state index in [0.29, 0.717) is 9.50 Å². The number of carbonyl (C=O) groups excluding carboxylic acids is 1. The summed E-state index contributed by atoms with van der Waals surface area (Å²) in [5, 5.41) is 0. The molecule has 1 aliphatic carbocycles. The Kier molecular flexibility index (Phi) is 3.96. The summed E-state index contributed by atoms with van der Waals surface area (Å²) in [5.41, 5.74) is 0.463. The lowest BCUT2D eigenvalue weighted by Gasteiger charge is -2.19. The fourth-order valence-corrected chi connectivity index (χ4v) is 1.70. The average Bonchev–Trinajstić information content (AvgIpc) is 2.08. The first kappa shape index (κ1) is 10.8. The lowest BCUT2D eigenvalue weighted by atomic mass is 10.1. The summed E-state index contributed by atoms with van der Waals surface area (Å²) in [6.07, 6.45) is 5.99. The molecule has 0 saturated carbocycles. The Balaban J connectivity index is 2.43. The van der Waals surface area contributed by atoms with E-state index in [0.717, 1.165) is 12.8 Å². The standard InChI is InChI=1S/C10H13IO2/c1-7(2)10(12)13-9-5-3-8(11)4-6-9/h3,5,8-9H,1,4,6H2,2H3. The minimum Gasteiger partial charge on any atom is -0.455 e. The number of hydrogen-bond donors (Lipinski definition) is 0. The van der Waals surface area contributed by atoms with Gasteiger partial charge in [-0.15, -0.1) is 0 Å². The third kappa shape index (κ3) is 3.50. The van der Waals surface area contributed by atoms with Crippen LogP contribution < -0.4 is 0 Å². The van der Waals surface area contributed by atoms with Crippen LogP contribution in [0.4, 0.5) is 0 Å². The monoisotopic (exact) mass is 292 g/mol. The SMILES string of the molecule is C=C(C)C(=O)OC1C=CC(I)CC1. The van der Waals surface area contributed by atoms with E-state index in [2.05, 4.69) is 35.2 Å². The molecular weight excluding hydrogens is 279 g/mol. The third-order valence-electron chi connectivity index (χ3n) is 1.87. The Morgan fingerprint density at radius 3 is 2.69 bits per heavy atom. The Hall–Kier alpha value is -0.320. The van der Waals surface area contributed by atoms with E-state index in [1.807, 2.05) is 6.08 Å². The van der Waals surface area contributed by atoms with E-state index < -0.39 is 0 Å². The zero-order valence-electron chi connectivity index (χ0n) is 7.63.